The van der Waals surface area contributed by atoms with Gasteiger partial charge in [0.25, 0.3) is 0 Å². The predicted octanol–water partition coefficient (Wildman–Crippen LogP) is 1.12. The molecule has 31 heavy (non-hydrogen) atoms. The second kappa shape index (κ2) is 11.7. The molecule has 2 fully saturated rings. The Morgan fingerprint density at radius 1 is 1.00 bits per heavy atom. The maximum Gasteiger partial charge on any atom is 0.248 e. The van der Waals surface area contributed by atoms with E-state index >= 15 is 0 Å². The monoisotopic (exact) mass is 430 g/mol. The normalized spacial score (nSPS) is 21.3. The lowest BCUT2D eigenvalue weighted by Crippen LogP contribution is -2.50. The van der Waals surface area contributed by atoms with Gasteiger partial charge in [0.05, 0.1) is 0 Å². The number of nitrogens with one attached hydrogen (secondary N) is 1. The summed E-state index contributed by atoms with van der Waals surface area (Å²) >= 11 is 0. The van der Waals surface area contributed by atoms with Gasteiger partial charge < -0.3 is 24.8 Å². The largest absolute Gasteiger partial charge is 0.375 e. The van der Waals surface area contributed by atoms with Gasteiger partial charge in [0.2, 0.25) is 17.7 Å². The van der Waals surface area contributed by atoms with Gasteiger partial charge >= 0.3 is 0 Å². The van der Waals surface area contributed by atoms with E-state index in [-0.39, 0.29) is 36.7 Å². The second-order valence-electron chi connectivity index (χ2n) is 8.19. The van der Waals surface area contributed by atoms with E-state index in [2.05, 4.69) is 22.3 Å². The Bertz CT molecular complexity index is 734. The van der Waals surface area contributed by atoms with Crippen molar-refractivity contribution >= 4 is 23.4 Å². The van der Waals surface area contributed by atoms with E-state index in [1.165, 1.54) is 12.8 Å². The lowest BCUT2D eigenvalue weighted by molar-refractivity contribution is -0.136. The fraction of sp³-hybridized carbons (Fsp3) is 0.609. The molecule has 0 aliphatic carbocycles. The summed E-state index contributed by atoms with van der Waals surface area (Å²) in [6, 6.07) is 10.3. The fourth-order valence-electron chi connectivity index (χ4n) is 4.29. The van der Waals surface area contributed by atoms with Crippen molar-refractivity contribution in [2.24, 2.45) is 5.92 Å². The van der Waals surface area contributed by atoms with E-state index in [0.29, 0.717) is 45.6 Å². The van der Waals surface area contributed by atoms with E-state index in [9.17, 15) is 14.4 Å². The summed E-state index contributed by atoms with van der Waals surface area (Å²) in [5.41, 5.74) is 1.19. The quantitative estimate of drug-likeness (QED) is 0.774. The van der Waals surface area contributed by atoms with Gasteiger partial charge in [-0.05, 0) is 31.4 Å². The number of hydrogen-bond donors (Lipinski definition) is 1. The maximum atomic E-state index is 13.2. The Labute approximate surface area is 184 Å². The molecule has 1 aromatic rings. The lowest BCUT2D eigenvalue weighted by Gasteiger charge is -2.37. The van der Waals surface area contributed by atoms with Gasteiger partial charge in [-0.15, -0.1) is 0 Å². The minimum atomic E-state index is -0.138. The second-order valence-corrected chi connectivity index (χ2v) is 8.19. The standard InChI is InChI=1S/C23H34N4O4/c1-31-18-22(29)26-12-5-6-19(9-11-24-21(28)10-13-26)23(30)27-16-14-25(15-17-27)20-7-3-2-4-8-20/h2-4,7-8,19H,5-6,9-18H2,1H3,(H,24,28). The van der Waals surface area contributed by atoms with Crippen molar-refractivity contribution in [3.8, 4) is 0 Å². The lowest BCUT2D eigenvalue weighted by atomic mass is 9.97. The molecular formula is C23H34N4O4. The number of anilines is 1. The molecule has 0 aromatic heterocycles. The molecule has 2 saturated heterocycles. The molecule has 1 N–H and O–H groups in total. The first-order chi connectivity index (χ1) is 15.1. The van der Waals surface area contributed by atoms with Crippen molar-refractivity contribution in [3.05, 3.63) is 30.3 Å². The van der Waals surface area contributed by atoms with Crippen molar-refractivity contribution in [2.45, 2.75) is 25.7 Å². The Balaban J connectivity index is 1.56. The fourth-order valence-corrected chi connectivity index (χ4v) is 4.29. The Kier molecular flexibility index (Phi) is 8.70. The maximum absolute atomic E-state index is 13.2. The van der Waals surface area contributed by atoms with Crippen LogP contribution in [0.3, 0.4) is 0 Å². The smallest absolute Gasteiger partial charge is 0.248 e. The van der Waals surface area contributed by atoms with Crippen LogP contribution in [0, 0.1) is 5.92 Å². The Morgan fingerprint density at radius 2 is 1.74 bits per heavy atom. The zero-order valence-corrected chi connectivity index (χ0v) is 18.4. The minimum Gasteiger partial charge on any atom is -0.375 e. The molecule has 0 radical (unpaired) electrons. The molecule has 0 bridgehead atoms. The molecule has 1 unspecified atom stereocenters. The van der Waals surface area contributed by atoms with Crippen LogP contribution in [0.1, 0.15) is 25.7 Å². The first kappa shape index (κ1) is 23.1. The summed E-state index contributed by atoms with van der Waals surface area (Å²) in [5, 5.41) is 2.90. The highest BCUT2D eigenvalue weighted by atomic mass is 16.5. The van der Waals surface area contributed by atoms with Crippen molar-refractivity contribution in [3.63, 3.8) is 0 Å². The number of benzene rings is 1. The Hall–Kier alpha value is -2.61. The summed E-state index contributed by atoms with van der Waals surface area (Å²) in [7, 11) is 1.49. The van der Waals surface area contributed by atoms with Crippen LogP contribution < -0.4 is 10.2 Å². The summed E-state index contributed by atoms with van der Waals surface area (Å²) in [6.45, 7) is 4.47. The van der Waals surface area contributed by atoms with Crippen molar-refractivity contribution in [1.29, 1.82) is 0 Å². The number of carbonyl (C=O) groups excluding carboxylic acids is 3. The molecule has 2 heterocycles. The van der Waals surface area contributed by atoms with Crippen LogP contribution in [0.2, 0.25) is 0 Å². The van der Waals surface area contributed by atoms with Crippen LogP contribution in [-0.4, -0.2) is 87.1 Å². The first-order valence-corrected chi connectivity index (χ1v) is 11.2. The number of piperazine rings is 1. The summed E-state index contributed by atoms with van der Waals surface area (Å²) in [4.78, 5) is 43.5. The van der Waals surface area contributed by atoms with Gasteiger partial charge in [-0.2, -0.15) is 0 Å². The van der Waals surface area contributed by atoms with Gasteiger partial charge in [0.15, 0.2) is 0 Å². The molecule has 3 amide bonds. The molecule has 8 nitrogen and oxygen atoms in total. The average molecular weight is 431 g/mol. The number of carbonyl (C=O) groups is 3. The zero-order valence-electron chi connectivity index (χ0n) is 18.4. The number of amides is 3. The summed E-state index contributed by atoms with van der Waals surface area (Å²) < 4.78 is 4.96. The number of rotatable bonds is 4. The molecule has 1 aromatic carbocycles. The van der Waals surface area contributed by atoms with Gasteiger partial charge in [-0.1, -0.05) is 18.2 Å². The van der Waals surface area contributed by atoms with Crippen LogP contribution in [0.25, 0.3) is 0 Å². The van der Waals surface area contributed by atoms with E-state index in [1.807, 2.05) is 23.1 Å². The van der Waals surface area contributed by atoms with E-state index in [0.717, 1.165) is 19.5 Å². The third kappa shape index (κ3) is 6.69. The topological polar surface area (TPSA) is 82.2 Å². The van der Waals surface area contributed by atoms with Crippen molar-refractivity contribution in [1.82, 2.24) is 15.1 Å². The van der Waals surface area contributed by atoms with Gasteiger partial charge in [-0.25, -0.2) is 0 Å². The molecule has 3 rings (SSSR count). The third-order valence-electron chi connectivity index (χ3n) is 6.09. The van der Waals surface area contributed by atoms with E-state index < -0.39 is 0 Å². The van der Waals surface area contributed by atoms with Crippen LogP contribution in [-0.2, 0) is 19.1 Å². The van der Waals surface area contributed by atoms with Crippen LogP contribution in [0.4, 0.5) is 5.69 Å². The predicted molar refractivity (Wildman–Crippen MR) is 119 cm³/mol. The van der Waals surface area contributed by atoms with Crippen LogP contribution >= 0.6 is 0 Å². The first-order valence-electron chi connectivity index (χ1n) is 11.2. The minimum absolute atomic E-state index is 0.00959. The molecule has 0 saturated carbocycles. The molecule has 0 spiro atoms. The van der Waals surface area contributed by atoms with Gasteiger partial charge in [-0.3, -0.25) is 14.4 Å². The van der Waals surface area contributed by atoms with Crippen molar-refractivity contribution < 1.29 is 19.1 Å². The average Bonchev–Trinajstić information content (AvgIpc) is 2.84. The number of ether oxygens (including phenoxy) is 1. The molecule has 8 heteroatoms. The molecule has 2 aliphatic heterocycles. The number of para-hydroxylation sites is 1. The highest BCUT2D eigenvalue weighted by molar-refractivity contribution is 5.81. The highest BCUT2D eigenvalue weighted by Crippen LogP contribution is 2.20. The van der Waals surface area contributed by atoms with E-state index in [4.69, 9.17) is 4.74 Å². The zero-order chi connectivity index (χ0) is 22.1. The molecule has 1 atom stereocenters. The highest BCUT2D eigenvalue weighted by Gasteiger charge is 2.28. The summed E-state index contributed by atoms with van der Waals surface area (Å²) in [6.07, 6.45) is 2.36. The third-order valence-corrected chi connectivity index (χ3v) is 6.09. The molecule has 170 valence electrons. The van der Waals surface area contributed by atoms with Crippen LogP contribution in [0.15, 0.2) is 30.3 Å². The Morgan fingerprint density at radius 3 is 2.45 bits per heavy atom. The molecule has 2 aliphatic rings. The van der Waals surface area contributed by atoms with Gasteiger partial charge in [0.1, 0.15) is 6.61 Å². The molecular weight excluding hydrogens is 396 g/mol. The summed E-state index contributed by atoms with van der Waals surface area (Å²) in [5.74, 6) is -0.175. The number of nitrogens with zero attached hydrogens (tertiary/aromatic N) is 3. The van der Waals surface area contributed by atoms with Crippen molar-refractivity contribution in [2.75, 3.05) is 64.4 Å². The van der Waals surface area contributed by atoms with Crippen LogP contribution in [0.5, 0.6) is 0 Å². The van der Waals surface area contributed by atoms with Gasteiger partial charge in [0, 0.05) is 70.9 Å². The SMILES string of the molecule is COCC(=O)N1CCCC(C(=O)N2CCN(c3ccccc3)CC2)CCNC(=O)CC1. The number of hydrogen-bond acceptors (Lipinski definition) is 5. The van der Waals surface area contributed by atoms with E-state index in [1.54, 1.807) is 4.90 Å². The number of methoxy groups -OCH3 is 1.